The van der Waals surface area contributed by atoms with Gasteiger partial charge >= 0.3 is 12.1 Å². The highest BCUT2D eigenvalue weighted by atomic mass is 19.4. The molecule has 17 heavy (non-hydrogen) atoms. The molecule has 0 fully saturated rings. The molecule has 0 aromatic carbocycles. The van der Waals surface area contributed by atoms with Crippen LogP contribution in [-0.4, -0.2) is 30.0 Å². The first-order valence-corrected chi connectivity index (χ1v) is 5.80. The van der Waals surface area contributed by atoms with Crippen LogP contribution in [0.15, 0.2) is 0 Å². The Morgan fingerprint density at radius 1 is 1.18 bits per heavy atom. The summed E-state index contributed by atoms with van der Waals surface area (Å²) in [6.07, 6.45) is -2.09. The zero-order valence-corrected chi connectivity index (χ0v) is 9.92. The lowest BCUT2D eigenvalue weighted by Gasteiger charge is -2.16. The van der Waals surface area contributed by atoms with Gasteiger partial charge in [0, 0.05) is 6.61 Å². The summed E-state index contributed by atoms with van der Waals surface area (Å²) in [4.78, 5) is 10.3. The molecule has 0 aliphatic carbocycles. The van der Waals surface area contributed by atoms with Crippen LogP contribution in [0.4, 0.5) is 13.2 Å². The SMILES string of the molecule is CCCCCCCCOC(C(=O)O)C(F)(F)F. The first-order chi connectivity index (χ1) is 7.89. The van der Waals surface area contributed by atoms with E-state index < -0.39 is 18.2 Å². The molecule has 0 aliphatic rings. The van der Waals surface area contributed by atoms with Gasteiger partial charge in [-0.25, -0.2) is 4.79 Å². The standard InChI is InChI=1S/C11H19F3O3/c1-2-3-4-5-6-7-8-17-9(10(15)16)11(12,13)14/h9H,2-8H2,1H3,(H,15,16). The zero-order valence-electron chi connectivity index (χ0n) is 9.92. The summed E-state index contributed by atoms with van der Waals surface area (Å²) in [5.41, 5.74) is 0. The van der Waals surface area contributed by atoms with Crippen LogP contribution < -0.4 is 0 Å². The number of carboxylic acid groups (broad SMARTS) is 1. The van der Waals surface area contributed by atoms with Crippen molar-refractivity contribution in [2.75, 3.05) is 6.61 Å². The Hall–Kier alpha value is -0.780. The van der Waals surface area contributed by atoms with E-state index in [1.54, 1.807) is 0 Å². The van der Waals surface area contributed by atoms with Crippen LogP contribution >= 0.6 is 0 Å². The van der Waals surface area contributed by atoms with Crippen molar-refractivity contribution in [3.05, 3.63) is 0 Å². The Morgan fingerprint density at radius 3 is 2.18 bits per heavy atom. The van der Waals surface area contributed by atoms with Crippen molar-refractivity contribution < 1.29 is 27.8 Å². The maximum Gasteiger partial charge on any atom is 0.425 e. The first-order valence-electron chi connectivity index (χ1n) is 5.80. The van der Waals surface area contributed by atoms with E-state index in [1.165, 1.54) is 0 Å². The largest absolute Gasteiger partial charge is 0.479 e. The number of alkyl halides is 3. The van der Waals surface area contributed by atoms with Crippen molar-refractivity contribution in [2.45, 2.75) is 57.7 Å². The smallest absolute Gasteiger partial charge is 0.425 e. The molecule has 0 amide bonds. The summed E-state index contributed by atoms with van der Waals surface area (Å²) in [7, 11) is 0. The zero-order chi connectivity index (χ0) is 13.3. The maximum atomic E-state index is 12.1. The molecule has 0 aromatic heterocycles. The molecule has 3 nitrogen and oxygen atoms in total. The summed E-state index contributed by atoms with van der Waals surface area (Å²) < 4.78 is 40.8. The van der Waals surface area contributed by atoms with Crippen LogP contribution in [0.1, 0.15) is 45.4 Å². The van der Waals surface area contributed by atoms with Crippen LogP contribution in [0.25, 0.3) is 0 Å². The molecule has 1 N–H and O–H groups in total. The molecule has 0 bridgehead atoms. The number of hydrogen-bond acceptors (Lipinski definition) is 2. The second-order valence-electron chi connectivity index (χ2n) is 3.90. The normalized spacial score (nSPS) is 13.6. The van der Waals surface area contributed by atoms with E-state index >= 15 is 0 Å². The van der Waals surface area contributed by atoms with Gasteiger partial charge in [-0.15, -0.1) is 0 Å². The van der Waals surface area contributed by atoms with E-state index in [1.807, 2.05) is 0 Å². The van der Waals surface area contributed by atoms with Gasteiger partial charge in [-0.05, 0) is 6.42 Å². The fourth-order valence-electron chi connectivity index (χ4n) is 1.39. The number of aliphatic carboxylic acids is 1. The Morgan fingerprint density at radius 2 is 1.71 bits per heavy atom. The maximum absolute atomic E-state index is 12.1. The Bertz CT molecular complexity index is 216. The van der Waals surface area contributed by atoms with Gasteiger partial charge in [0.25, 0.3) is 6.10 Å². The first kappa shape index (κ1) is 16.2. The summed E-state index contributed by atoms with van der Waals surface area (Å²) in [6, 6.07) is 0. The third kappa shape index (κ3) is 8.01. The van der Waals surface area contributed by atoms with E-state index in [9.17, 15) is 18.0 Å². The molecule has 0 saturated heterocycles. The molecular formula is C11H19F3O3. The predicted molar refractivity (Wildman–Crippen MR) is 56.8 cm³/mol. The van der Waals surface area contributed by atoms with Crippen molar-refractivity contribution in [1.82, 2.24) is 0 Å². The van der Waals surface area contributed by atoms with Crippen LogP contribution in [0, 0.1) is 0 Å². The third-order valence-electron chi connectivity index (χ3n) is 2.30. The van der Waals surface area contributed by atoms with Crippen LogP contribution in [-0.2, 0) is 9.53 Å². The minimum atomic E-state index is -4.84. The number of unbranched alkanes of at least 4 members (excludes halogenated alkanes) is 5. The van der Waals surface area contributed by atoms with Gasteiger partial charge in [0.2, 0.25) is 0 Å². The van der Waals surface area contributed by atoms with Crippen LogP contribution in [0.5, 0.6) is 0 Å². The van der Waals surface area contributed by atoms with Crippen molar-refractivity contribution in [2.24, 2.45) is 0 Å². The minimum absolute atomic E-state index is 0.164. The molecule has 102 valence electrons. The number of carbonyl (C=O) groups is 1. The Labute approximate surface area is 99.0 Å². The predicted octanol–water partition coefficient (Wildman–Crippen LogP) is 3.38. The minimum Gasteiger partial charge on any atom is -0.479 e. The van der Waals surface area contributed by atoms with Crippen LogP contribution in [0.2, 0.25) is 0 Å². The van der Waals surface area contributed by atoms with Gasteiger partial charge in [0.15, 0.2) is 0 Å². The molecule has 1 atom stereocenters. The number of rotatable bonds is 9. The Balaban J connectivity index is 3.67. The van der Waals surface area contributed by atoms with E-state index in [2.05, 4.69) is 11.7 Å². The monoisotopic (exact) mass is 256 g/mol. The molecule has 0 aromatic rings. The quantitative estimate of drug-likeness (QED) is 0.643. The summed E-state index contributed by atoms with van der Waals surface area (Å²) in [6.45, 7) is 1.91. The molecule has 0 aliphatic heterocycles. The fourth-order valence-corrected chi connectivity index (χ4v) is 1.39. The molecule has 0 radical (unpaired) electrons. The second kappa shape index (κ2) is 8.33. The average molecular weight is 256 g/mol. The highest BCUT2D eigenvalue weighted by Crippen LogP contribution is 2.23. The van der Waals surface area contributed by atoms with Crippen molar-refractivity contribution in [3.63, 3.8) is 0 Å². The number of halogens is 3. The van der Waals surface area contributed by atoms with Crippen LogP contribution in [0.3, 0.4) is 0 Å². The summed E-state index contributed by atoms with van der Waals surface area (Å²) in [5, 5.41) is 8.34. The van der Waals surface area contributed by atoms with Gasteiger partial charge < -0.3 is 9.84 Å². The molecule has 0 rings (SSSR count). The topological polar surface area (TPSA) is 46.5 Å². The van der Waals surface area contributed by atoms with E-state index in [0.717, 1.165) is 32.1 Å². The highest BCUT2D eigenvalue weighted by Gasteiger charge is 2.46. The fraction of sp³-hybridized carbons (Fsp3) is 0.909. The van der Waals surface area contributed by atoms with E-state index in [-0.39, 0.29) is 6.61 Å². The lowest BCUT2D eigenvalue weighted by atomic mass is 10.1. The number of hydrogen-bond donors (Lipinski definition) is 1. The lowest BCUT2D eigenvalue weighted by Crippen LogP contribution is -2.39. The highest BCUT2D eigenvalue weighted by molar-refractivity contribution is 5.73. The van der Waals surface area contributed by atoms with E-state index in [4.69, 9.17) is 5.11 Å². The molecule has 1 unspecified atom stereocenters. The van der Waals surface area contributed by atoms with Gasteiger partial charge in [-0.1, -0.05) is 39.0 Å². The molecule has 0 heterocycles. The third-order valence-corrected chi connectivity index (χ3v) is 2.30. The summed E-state index contributed by atoms with van der Waals surface area (Å²) in [5.74, 6) is -1.98. The van der Waals surface area contributed by atoms with Crippen molar-refractivity contribution >= 4 is 5.97 Å². The van der Waals surface area contributed by atoms with Gasteiger partial charge in [-0.3, -0.25) is 0 Å². The Kier molecular flexibility index (Phi) is 7.95. The van der Waals surface area contributed by atoms with E-state index in [0.29, 0.717) is 6.42 Å². The van der Waals surface area contributed by atoms with Gasteiger partial charge in [-0.2, -0.15) is 13.2 Å². The van der Waals surface area contributed by atoms with Crippen molar-refractivity contribution in [1.29, 1.82) is 0 Å². The second-order valence-corrected chi connectivity index (χ2v) is 3.90. The lowest BCUT2D eigenvalue weighted by molar-refractivity contribution is -0.227. The molecule has 6 heteroatoms. The van der Waals surface area contributed by atoms with Gasteiger partial charge in [0.05, 0.1) is 0 Å². The summed E-state index contributed by atoms with van der Waals surface area (Å²) >= 11 is 0. The number of carboxylic acids is 1. The van der Waals surface area contributed by atoms with Gasteiger partial charge in [0.1, 0.15) is 0 Å². The average Bonchev–Trinajstić information content (AvgIpc) is 2.19. The molecule has 0 spiro atoms. The van der Waals surface area contributed by atoms with Crippen molar-refractivity contribution in [3.8, 4) is 0 Å². The molecular weight excluding hydrogens is 237 g/mol. The molecule has 0 saturated carbocycles. The number of ether oxygens (including phenoxy) is 1.